The molecule has 4 nitrogen and oxygen atoms in total. The molecule has 1 atom stereocenters. The van der Waals surface area contributed by atoms with Crippen molar-refractivity contribution in [2.45, 2.75) is 57.9 Å². The van der Waals surface area contributed by atoms with E-state index < -0.39 is 0 Å². The van der Waals surface area contributed by atoms with Crippen molar-refractivity contribution in [2.75, 3.05) is 24.5 Å². The van der Waals surface area contributed by atoms with Gasteiger partial charge in [-0.25, -0.2) is 0 Å². The van der Waals surface area contributed by atoms with E-state index in [-0.39, 0.29) is 0 Å². The molecule has 2 heterocycles. The summed E-state index contributed by atoms with van der Waals surface area (Å²) < 4.78 is 1.97. The van der Waals surface area contributed by atoms with Crippen molar-refractivity contribution in [1.82, 2.24) is 15.1 Å². The molecule has 0 spiro atoms. The fourth-order valence-electron chi connectivity index (χ4n) is 4.06. The lowest BCUT2D eigenvalue weighted by molar-refractivity contribution is 0.277. The molecule has 1 unspecified atom stereocenters. The van der Waals surface area contributed by atoms with Crippen LogP contribution < -0.4 is 10.2 Å². The highest BCUT2D eigenvalue weighted by atomic mass is 15.3. The molecule has 0 radical (unpaired) electrons. The van der Waals surface area contributed by atoms with Gasteiger partial charge in [-0.05, 0) is 38.1 Å². The molecule has 1 aromatic heterocycles. The summed E-state index contributed by atoms with van der Waals surface area (Å²) in [5.41, 5.74) is 2.62. The molecule has 1 aromatic rings. The van der Waals surface area contributed by atoms with E-state index in [1.807, 2.05) is 11.7 Å². The van der Waals surface area contributed by atoms with Gasteiger partial charge in [0.05, 0.1) is 11.4 Å². The van der Waals surface area contributed by atoms with E-state index >= 15 is 0 Å². The second-order valence-electron chi connectivity index (χ2n) is 6.75. The Labute approximate surface area is 128 Å². The summed E-state index contributed by atoms with van der Waals surface area (Å²) in [6, 6.07) is 0.665. The zero-order valence-corrected chi connectivity index (χ0v) is 13.6. The average molecular weight is 290 g/mol. The van der Waals surface area contributed by atoms with E-state index in [0.717, 1.165) is 25.4 Å². The van der Waals surface area contributed by atoms with Crippen molar-refractivity contribution in [3.05, 3.63) is 11.9 Å². The van der Waals surface area contributed by atoms with Crippen LogP contribution in [-0.2, 0) is 13.5 Å². The lowest BCUT2D eigenvalue weighted by atomic mass is 9.83. The van der Waals surface area contributed by atoms with E-state index in [9.17, 15) is 0 Å². The highest BCUT2D eigenvalue weighted by Crippen LogP contribution is 2.29. The van der Waals surface area contributed by atoms with Gasteiger partial charge in [0.2, 0.25) is 0 Å². The number of nitrogens with one attached hydrogen (secondary N) is 1. The van der Waals surface area contributed by atoms with Crippen LogP contribution in [0, 0.1) is 5.92 Å². The van der Waals surface area contributed by atoms with Crippen LogP contribution >= 0.6 is 0 Å². The van der Waals surface area contributed by atoms with Gasteiger partial charge in [0.15, 0.2) is 0 Å². The summed E-state index contributed by atoms with van der Waals surface area (Å²) in [5, 5.41) is 8.45. The smallest absolute Gasteiger partial charge is 0.0855 e. The van der Waals surface area contributed by atoms with Crippen molar-refractivity contribution < 1.29 is 0 Å². The summed E-state index contributed by atoms with van der Waals surface area (Å²) in [4.78, 5) is 2.59. The molecule has 118 valence electrons. The molecule has 2 fully saturated rings. The highest BCUT2D eigenvalue weighted by molar-refractivity contribution is 5.50. The van der Waals surface area contributed by atoms with E-state index in [1.165, 1.54) is 56.5 Å². The number of aromatic nitrogens is 2. The summed E-state index contributed by atoms with van der Waals surface area (Å²) in [7, 11) is 2.04. The predicted molar refractivity (Wildman–Crippen MR) is 87.8 cm³/mol. The summed E-state index contributed by atoms with van der Waals surface area (Å²) >= 11 is 0. The van der Waals surface area contributed by atoms with Crippen LogP contribution in [-0.4, -0.2) is 35.5 Å². The lowest BCUT2D eigenvalue weighted by Crippen LogP contribution is -2.43. The third kappa shape index (κ3) is 3.42. The van der Waals surface area contributed by atoms with Gasteiger partial charge in [0.1, 0.15) is 0 Å². The number of aryl methyl sites for hydroxylation is 2. The van der Waals surface area contributed by atoms with Crippen LogP contribution in [0.1, 0.15) is 51.1 Å². The van der Waals surface area contributed by atoms with Crippen LogP contribution in [0.25, 0.3) is 0 Å². The van der Waals surface area contributed by atoms with Crippen molar-refractivity contribution in [1.29, 1.82) is 0 Å². The molecule has 2 aliphatic rings. The van der Waals surface area contributed by atoms with Gasteiger partial charge in [-0.3, -0.25) is 4.68 Å². The van der Waals surface area contributed by atoms with Crippen LogP contribution in [0.2, 0.25) is 0 Å². The Hall–Kier alpha value is -1.03. The maximum Gasteiger partial charge on any atom is 0.0855 e. The highest BCUT2D eigenvalue weighted by Gasteiger charge is 2.28. The molecular weight excluding hydrogens is 260 g/mol. The molecule has 0 aromatic carbocycles. The quantitative estimate of drug-likeness (QED) is 0.929. The van der Waals surface area contributed by atoms with Gasteiger partial charge < -0.3 is 10.2 Å². The third-order valence-electron chi connectivity index (χ3n) is 5.21. The van der Waals surface area contributed by atoms with Crippen LogP contribution in [0.5, 0.6) is 0 Å². The van der Waals surface area contributed by atoms with Crippen molar-refractivity contribution in [2.24, 2.45) is 13.0 Å². The van der Waals surface area contributed by atoms with Crippen molar-refractivity contribution >= 4 is 5.69 Å². The predicted octanol–water partition coefficient (Wildman–Crippen LogP) is 2.73. The molecule has 1 saturated heterocycles. The van der Waals surface area contributed by atoms with Crippen LogP contribution in [0.3, 0.4) is 0 Å². The topological polar surface area (TPSA) is 33.1 Å². The van der Waals surface area contributed by atoms with Crippen molar-refractivity contribution in [3.63, 3.8) is 0 Å². The normalized spacial score (nSPS) is 25.0. The van der Waals surface area contributed by atoms with Gasteiger partial charge in [-0.2, -0.15) is 5.10 Å². The molecule has 1 saturated carbocycles. The number of anilines is 1. The Bertz CT molecular complexity index is 448. The second-order valence-corrected chi connectivity index (χ2v) is 6.75. The molecule has 1 N–H and O–H groups in total. The SMILES string of the molecule is CCc1nn(C)cc1N1CCCNC(C2CCCCC2)C1. The number of rotatable bonds is 3. The zero-order valence-electron chi connectivity index (χ0n) is 13.6. The maximum absolute atomic E-state index is 4.63. The minimum Gasteiger partial charge on any atom is -0.367 e. The standard InChI is InChI=1S/C17H30N4/c1-3-15-17(13-20(2)19-15)21-11-7-10-18-16(12-21)14-8-5-4-6-9-14/h13-14,16,18H,3-12H2,1-2H3. The van der Waals surface area contributed by atoms with Crippen LogP contribution in [0.15, 0.2) is 6.20 Å². The minimum atomic E-state index is 0.665. The Morgan fingerprint density at radius 3 is 2.81 bits per heavy atom. The first-order chi connectivity index (χ1) is 10.3. The average Bonchev–Trinajstić information content (AvgIpc) is 2.74. The lowest BCUT2D eigenvalue weighted by Gasteiger charge is -2.33. The monoisotopic (exact) mass is 290 g/mol. The van der Waals surface area contributed by atoms with Gasteiger partial charge in [0.25, 0.3) is 0 Å². The second kappa shape index (κ2) is 6.82. The van der Waals surface area contributed by atoms with Gasteiger partial charge in [-0.1, -0.05) is 26.2 Å². The zero-order chi connectivity index (χ0) is 14.7. The van der Waals surface area contributed by atoms with E-state index in [2.05, 4.69) is 28.4 Å². The Morgan fingerprint density at radius 2 is 2.05 bits per heavy atom. The summed E-state index contributed by atoms with van der Waals surface area (Å²) in [6.07, 6.45) is 11.6. The van der Waals surface area contributed by atoms with Crippen molar-refractivity contribution in [3.8, 4) is 0 Å². The molecule has 1 aliphatic heterocycles. The molecule has 3 rings (SSSR count). The molecule has 0 bridgehead atoms. The van der Waals surface area contributed by atoms with E-state index in [1.54, 1.807) is 0 Å². The largest absolute Gasteiger partial charge is 0.367 e. The van der Waals surface area contributed by atoms with Gasteiger partial charge >= 0.3 is 0 Å². The first-order valence-electron chi connectivity index (χ1n) is 8.78. The molecule has 0 amide bonds. The van der Waals surface area contributed by atoms with Gasteiger partial charge in [0, 0.05) is 32.4 Å². The fraction of sp³-hybridized carbons (Fsp3) is 0.824. The molecule has 1 aliphatic carbocycles. The number of nitrogens with zero attached hydrogens (tertiary/aromatic N) is 3. The molecule has 21 heavy (non-hydrogen) atoms. The number of hydrogen-bond donors (Lipinski definition) is 1. The Morgan fingerprint density at radius 1 is 1.24 bits per heavy atom. The molecule has 4 heteroatoms. The van der Waals surface area contributed by atoms with E-state index in [4.69, 9.17) is 0 Å². The van der Waals surface area contributed by atoms with Crippen LogP contribution in [0.4, 0.5) is 5.69 Å². The summed E-state index contributed by atoms with van der Waals surface area (Å²) in [6.45, 7) is 5.69. The fourth-order valence-corrected chi connectivity index (χ4v) is 4.06. The Kier molecular flexibility index (Phi) is 4.84. The van der Waals surface area contributed by atoms with Gasteiger partial charge in [-0.15, -0.1) is 0 Å². The minimum absolute atomic E-state index is 0.665. The number of hydrogen-bond acceptors (Lipinski definition) is 3. The summed E-state index contributed by atoms with van der Waals surface area (Å²) in [5.74, 6) is 0.876. The third-order valence-corrected chi connectivity index (χ3v) is 5.21. The Balaban J connectivity index is 1.74. The first kappa shape index (κ1) is 14.9. The molecular formula is C17H30N4. The first-order valence-corrected chi connectivity index (χ1v) is 8.78. The van der Waals surface area contributed by atoms with E-state index in [0.29, 0.717) is 6.04 Å². The maximum atomic E-state index is 4.63.